The van der Waals surface area contributed by atoms with Crippen LogP contribution in [-0.4, -0.2) is 17.9 Å². The first-order valence-corrected chi connectivity index (χ1v) is 6.72. The van der Waals surface area contributed by atoms with Crippen molar-refractivity contribution in [1.82, 2.24) is 10.3 Å². The van der Waals surface area contributed by atoms with Gasteiger partial charge >= 0.3 is 0 Å². The van der Waals surface area contributed by atoms with E-state index in [9.17, 15) is 9.18 Å². The lowest BCUT2D eigenvalue weighted by molar-refractivity contribution is 0.0963. The van der Waals surface area contributed by atoms with Gasteiger partial charge in [-0.1, -0.05) is 6.07 Å². The van der Waals surface area contributed by atoms with Crippen LogP contribution in [0.25, 0.3) is 0 Å². The van der Waals surface area contributed by atoms with E-state index in [4.69, 9.17) is 0 Å². The van der Waals surface area contributed by atoms with Crippen molar-refractivity contribution in [3.05, 3.63) is 59.2 Å². The van der Waals surface area contributed by atoms with Gasteiger partial charge < -0.3 is 10.6 Å². The first-order chi connectivity index (χ1) is 10.0. The number of aromatic nitrogens is 1. The maximum Gasteiger partial charge on any atom is 0.251 e. The standard InChI is InChI=1S/C16H18FN3O/c1-10-4-5-12(16(21)18-3)8-15(10)20-11(2)14-7-6-13(17)9-19-14/h4-9,11,20H,1-3H3,(H,18,21). The molecule has 0 aliphatic rings. The van der Waals surface area contributed by atoms with Crippen LogP contribution in [0.1, 0.15) is 34.6 Å². The Morgan fingerprint density at radius 3 is 2.67 bits per heavy atom. The molecule has 5 heteroatoms. The number of nitrogens with zero attached hydrogens (tertiary/aromatic N) is 1. The highest BCUT2D eigenvalue weighted by Crippen LogP contribution is 2.22. The molecule has 0 spiro atoms. The molecular weight excluding hydrogens is 269 g/mol. The van der Waals surface area contributed by atoms with Gasteiger partial charge in [0, 0.05) is 18.3 Å². The Kier molecular flexibility index (Phi) is 4.52. The monoisotopic (exact) mass is 287 g/mol. The van der Waals surface area contributed by atoms with Crippen molar-refractivity contribution in [2.75, 3.05) is 12.4 Å². The largest absolute Gasteiger partial charge is 0.377 e. The fourth-order valence-electron chi connectivity index (χ4n) is 2.01. The minimum Gasteiger partial charge on any atom is -0.377 e. The minimum absolute atomic E-state index is 0.0933. The van der Waals surface area contributed by atoms with Crippen LogP contribution in [0.15, 0.2) is 36.5 Å². The highest BCUT2D eigenvalue weighted by Gasteiger charge is 2.11. The smallest absolute Gasteiger partial charge is 0.251 e. The van der Waals surface area contributed by atoms with Gasteiger partial charge in [0.15, 0.2) is 0 Å². The first kappa shape index (κ1) is 15.0. The Morgan fingerprint density at radius 2 is 2.05 bits per heavy atom. The predicted octanol–water partition coefficient (Wildman–Crippen LogP) is 3.06. The Hall–Kier alpha value is -2.43. The Labute approximate surface area is 123 Å². The molecule has 0 aliphatic heterocycles. The van der Waals surface area contributed by atoms with Gasteiger partial charge in [0.25, 0.3) is 5.91 Å². The fourth-order valence-corrected chi connectivity index (χ4v) is 2.01. The molecule has 0 aliphatic carbocycles. The van der Waals surface area contributed by atoms with E-state index in [1.54, 1.807) is 25.2 Å². The maximum absolute atomic E-state index is 12.9. The third-order valence-corrected chi connectivity index (χ3v) is 3.29. The molecule has 1 aromatic carbocycles. The van der Waals surface area contributed by atoms with Gasteiger partial charge in [0.05, 0.1) is 17.9 Å². The second-order valence-corrected chi connectivity index (χ2v) is 4.88. The highest BCUT2D eigenvalue weighted by atomic mass is 19.1. The van der Waals surface area contributed by atoms with Crippen LogP contribution in [0, 0.1) is 12.7 Å². The zero-order valence-corrected chi connectivity index (χ0v) is 12.3. The van der Waals surface area contributed by atoms with Gasteiger partial charge in [-0.25, -0.2) is 4.39 Å². The molecule has 1 amide bonds. The van der Waals surface area contributed by atoms with Crippen molar-refractivity contribution in [2.45, 2.75) is 19.9 Å². The summed E-state index contributed by atoms with van der Waals surface area (Å²) in [4.78, 5) is 15.7. The zero-order chi connectivity index (χ0) is 15.4. The molecule has 2 rings (SSSR count). The average Bonchev–Trinajstić information content (AvgIpc) is 2.49. The molecule has 110 valence electrons. The van der Waals surface area contributed by atoms with Gasteiger partial charge in [-0.05, 0) is 43.7 Å². The normalized spacial score (nSPS) is 11.8. The summed E-state index contributed by atoms with van der Waals surface area (Å²) < 4.78 is 12.9. The van der Waals surface area contributed by atoms with Crippen LogP contribution in [-0.2, 0) is 0 Å². The molecule has 0 bridgehead atoms. The Balaban J connectivity index is 2.22. The van der Waals surface area contributed by atoms with Crippen LogP contribution < -0.4 is 10.6 Å². The lowest BCUT2D eigenvalue weighted by Gasteiger charge is -2.17. The molecule has 2 N–H and O–H groups in total. The van der Waals surface area contributed by atoms with E-state index in [0.29, 0.717) is 5.56 Å². The number of hydrogen-bond acceptors (Lipinski definition) is 3. The molecule has 0 saturated carbocycles. The number of carbonyl (C=O) groups excluding carboxylic acids is 1. The summed E-state index contributed by atoms with van der Waals surface area (Å²) in [6, 6.07) is 8.40. The topological polar surface area (TPSA) is 54.0 Å². The van der Waals surface area contributed by atoms with Crippen LogP contribution in [0.3, 0.4) is 0 Å². The zero-order valence-electron chi connectivity index (χ0n) is 12.3. The first-order valence-electron chi connectivity index (χ1n) is 6.72. The van der Waals surface area contributed by atoms with Crippen molar-refractivity contribution in [1.29, 1.82) is 0 Å². The van der Waals surface area contributed by atoms with Gasteiger partial charge in [-0.15, -0.1) is 0 Å². The Morgan fingerprint density at radius 1 is 1.29 bits per heavy atom. The van der Waals surface area contributed by atoms with Gasteiger partial charge in [-0.2, -0.15) is 0 Å². The number of amides is 1. The summed E-state index contributed by atoms with van der Waals surface area (Å²) in [6.45, 7) is 3.90. The predicted molar refractivity (Wildman–Crippen MR) is 80.8 cm³/mol. The van der Waals surface area contributed by atoms with Crippen LogP contribution in [0.2, 0.25) is 0 Å². The number of hydrogen-bond donors (Lipinski definition) is 2. The SMILES string of the molecule is CNC(=O)c1ccc(C)c(NC(C)c2ccc(F)cn2)c1. The molecule has 0 saturated heterocycles. The summed E-state index contributed by atoms with van der Waals surface area (Å²) in [6.07, 6.45) is 1.20. The van der Waals surface area contributed by atoms with Crippen molar-refractivity contribution >= 4 is 11.6 Å². The van der Waals surface area contributed by atoms with E-state index in [-0.39, 0.29) is 17.8 Å². The van der Waals surface area contributed by atoms with Crippen molar-refractivity contribution in [3.63, 3.8) is 0 Å². The maximum atomic E-state index is 12.9. The summed E-state index contributed by atoms with van der Waals surface area (Å²) in [5.41, 5.74) is 3.21. The molecule has 0 radical (unpaired) electrons. The van der Waals surface area contributed by atoms with E-state index in [0.717, 1.165) is 16.9 Å². The molecule has 1 aromatic heterocycles. The van der Waals surface area contributed by atoms with Crippen LogP contribution in [0.5, 0.6) is 0 Å². The van der Waals surface area contributed by atoms with Gasteiger partial charge in [0.2, 0.25) is 0 Å². The number of benzene rings is 1. The number of halogens is 1. The van der Waals surface area contributed by atoms with Crippen LogP contribution in [0.4, 0.5) is 10.1 Å². The molecule has 2 aromatic rings. The summed E-state index contributed by atoms with van der Waals surface area (Å²) in [5.74, 6) is -0.491. The summed E-state index contributed by atoms with van der Waals surface area (Å²) in [5, 5.41) is 5.90. The number of carbonyl (C=O) groups is 1. The Bertz CT molecular complexity index is 640. The molecular formula is C16H18FN3O. The third kappa shape index (κ3) is 3.56. The summed E-state index contributed by atoms with van der Waals surface area (Å²) >= 11 is 0. The van der Waals surface area contributed by atoms with E-state index in [1.165, 1.54) is 12.3 Å². The van der Waals surface area contributed by atoms with Crippen molar-refractivity contribution in [2.24, 2.45) is 0 Å². The fraction of sp³-hybridized carbons (Fsp3) is 0.250. The van der Waals surface area contributed by atoms with E-state index in [1.807, 2.05) is 19.9 Å². The van der Waals surface area contributed by atoms with E-state index < -0.39 is 0 Å². The minimum atomic E-state index is -0.358. The molecule has 1 unspecified atom stereocenters. The third-order valence-electron chi connectivity index (χ3n) is 3.29. The molecule has 1 atom stereocenters. The second-order valence-electron chi connectivity index (χ2n) is 4.88. The lowest BCUT2D eigenvalue weighted by Crippen LogP contribution is -2.18. The van der Waals surface area contributed by atoms with Gasteiger partial charge in [-0.3, -0.25) is 9.78 Å². The van der Waals surface area contributed by atoms with E-state index >= 15 is 0 Å². The number of pyridine rings is 1. The average molecular weight is 287 g/mol. The molecule has 0 fully saturated rings. The van der Waals surface area contributed by atoms with Crippen molar-refractivity contribution in [3.8, 4) is 0 Å². The van der Waals surface area contributed by atoms with Gasteiger partial charge in [0.1, 0.15) is 5.82 Å². The second kappa shape index (κ2) is 6.35. The highest BCUT2D eigenvalue weighted by molar-refractivity contribution is 5.95. The molecule has 4 nitrogen and oxygen atoms in total. The quantitative estimate of drug-likeness (QED) is 0.908. The van der Waals surface area contributed by atoms with E-state index in [2.05, 4.69) is 15.6 Å². The van der Waals surface area contributed by atoms with Crippen molar-refractivity contribution < 1.29 is 9.18 Å². The number of aryl methyl sites for hydroxylation is 1. The number of nitrogens with one attached hydrogen (secondary N) is 2. The summed E-state index contributed by atoms with van der Waals surface area (Å²) in [7, 11) is 1.60. The number of anilines is 1. The molecule has 1 heterocycles. The molecule has 21 heavy (non-hydrogen) atoms. The number of rotatable bonds is 4. The lowest BCUT2D eigenvalue weighted by atomic mass is 10.1. The van der Waals surface area contributed by atoms with Crippen LogP contribution >= 0.6 is 0 Å².